The molecule has 1 rings (SSSR count). The van der Waals surface area contributed by atoms with E-state index in [4.69, 9.17) is 10.00 Å². The quantitative estimate of drug-likeness (QED) is 0.716. The van der Waals surface area contributed by atoms with E-state index in [0.717, 1.165) is 5.69 Å². The van der Waals surface area contributed by atoms with Gasteiger partial charge < -0.3 is 15.4 Å². The molecule has 5 heteroatoms. The second kappa shape index (κ2) is 6.30. The molecular weight excluding hydrogens is 206 g/mol. The molecule has 0 aliphatic rings. The number of nitrogens with one attached hydrogen (secondary N) is 2. The Labute approximate surface area is 94.0 Å². The van der Waals surface area contributed by atoms with Gasteiger partial charge in [-0.2, -0.15) is 5.26 Å². The number of carbonyl (C=O) groups excluding carboxylic acids is 1. The number of ether oxygens (including phenoxy) is 1. The SMILES string of the molecule is CNc1ccc(OCC(=O)NCC#N)cc1. The Morgan fingerprint density at radius 3 is 2.69 bits per heavy atom. The lowest BCUT2D eigenvalue weighted by Gasteiger charge is -2.06. The van der Waals surface area contributed by atoms with Crippen molar-refractivity contribution in [1.82, 2.24) is 5.32 Å². The maximum atomic E-state index is 11.1. The molecule has 0 saturated heterocycles. The predicted octanol–water partition coefficient (Wildman–Crippen LogP) is 0.747. The standard InChI is InChI=1S/C11H13N3O2/c1-13-9-2-4-10(5-3-9)16-8-11(15)14-7-6-12/h2-5,13H,7-8H2,1H3,(H,14,15). The number of rotatable bonds is 5. The van der Waals surface area contributed by atoms with E-state index < -0.39 is 0 Å². The first kappa shape index (κ1) is 11.9. The van der Waals surface area contributed by atoms with Gasteiger partial charge in [-0.25, -0.2) is 0 Å². The number of hydrogen-bond acceptors (Lipinski definition) is 4. The average Bonchev–Trinajstić information content (AvgIpc) is 2.34. The molecule has 0 aromatic heterocycles. The van der Waals surface area contributed by atoms with Crippen molar-refractivity contribution in [3.63, 3.8) is 0 Å². The molecule has 0 fully saturated rings. The molecule has 0 unspecified atom stereocenters. The molecular formula is C11H13N3O2. The lowest BCUT2D eigenvalue weighted by molar-refractivity contribution is -0.122. The molecule has 1 aromatic carbocycles. The molecule has 0 heterocycles. The highest BCUT2D eigenvalue weighted by molar-refractivity contribution is 5.77. The molecule has 0 saturated carbocycles. The van der Waals surface area contributed by atoms with E-state index in [1.54, 1.807) is 12.1 Å². The van der Waals surface area contributed by atoms with Gasteiger partial charge in [-0.05, 0) is 24.3 Å². The lowest BCUT2D eigenvalue weighted by Crippen LogP contribution is -2.28. The van der Waals surface area contributed by atoms with Crippen molar-refractivity contribution in [2.75, 3.05) is 25.5 Å². The second-order valence-corrected chi connectivity index (χ2v) is 3.00. The zero-order valence-corrected chi connectivity index (χ0v) is 8.99. The molecule has 84 valence electrons. The fourth-order valence-corrected chi connectivity index (χ4v) is 1.06. The van der Waals surface area contributed by atoms with Gasteiger partial charge in [-0.15, -0.1) is 0 Å². The third-order valence-corrected chi connectivity index (χ3v) is 1.88. The van der Waals surface area contributed by atoms with E-state index in [-0.39, 0.29) is 19.1 Å². The average molecular weight is 219 g/mol. The van der Waals surface area contributed by atoms with Crippen LogP contribution in [0.2, 0.25) is 0 Å². The van der Waals surface area contributed by atoms with Crippen molar-refractivity contribution >= 4 is 11.6 Å². The van der Waals surface area contributed by atoms with E-state index in [2.05, 4.69) is 10.6 Å². The van der Waals surface area contributed by atoms with Crippen LogP contribution in [-0.4, -0.2) is 26.1 Å². The molecule has 1 aromatic rings. The van der Waals surface area contributed by atoms with Gasteiger partial charge in [0, 0.05) is 12.7 Å². The van der Waals surface area contributed by atoms with Crippen LogP contribution in [0.3, 0.4) is 0 Å². The highest BCUT2D eigenvalue weighted by Crippen LogP contribution is 2.14. The van der Waals surface area contributed by atoms with Crippen LogP contribution in [0, 0.1) is 11.3 Å². The van der Waals surface area contributed by atoms with E-state index in [0.29, 0.717) is 5.75 Å². The molecule has 0 spiro atoms. The van der Waals surface area contributed by atoms with Crippen LogP contribution in [0.25, 0.3) is 0 Å². The minimum atomic E-state index is -0.306. The van der Waals surface area contributed by atoms with Gasteiger partial charge in [0.2, 0.25) is 0 Å². The zero-order valence-electron chi connectivity index (χ0n) is 8.99. The summed E-state index contributed by atoms with van der Waals surface area (Å²) in [6.45, 7) is -0.0819. The molecule has 16 heavy (non-hydrogen) atoms. The monoisotopic (exact) mass is 219 g/mol. The highest BCUT2D eigenvalue weighted by atomic mass is 16.5. The van der Waals surface area contributed by atoms with Crippen molar-refractivity contribution in [3.8, 4) is 11.8 Å². The Morgan fingerprint density at radius 2 is 2.12 bits per heavy atom. The third kappa shape index (κ3) is 3.88. The summed E-state index contributed by atoms with van der Waals surface area (Å²) in [5.74, 6) is 0.311. The normalized spacial score (nSPS) is 9.00. The molecule has 0 radical (unpaired) electrons. The minimum absolute atomic E-state index is 0.000879. The number of benzene rings is 1. The third-order valence-electron chi connectivity index (χ3n) is 1.88. The van der Waals surface area contributed by atoms with Gasteiger partial charge in [-0.3, -0.25) is 4.79 Å². The summed E-state index contributed by atoms with van der Waals surface area (Å²) in [6.07, 6.45) is 0. The van der Waals surface area contributed by atoms with E-state index in [1.807, 2.05) is 25.2 Å². The number of amides is 1. The summed E-state index contributed by atoms with van der Waals surface area (Å²) in [6, 6.07) is 9.05. The number of carbonyl (C=O) groups is 1. The summed E-state index contributed by atoms with van der Waals surface area (Å²) >= 11 is 0. The number of nitrogens with zero attached hydrogens (tertiary/aromatic N) is 1. The fourth-order valence-electron chi connectivity index (χ4n) is 1.06. The largest absolute Gasteiger partial charge is 0.484 e. The maximum Gasteiger partial charge on any atom is 0.258 e. The smallest absolute Gasteiger partial charge is 0.258 e. The first-order valence-corrected chi connectivity index (χ1v) is 4.80. The number of nitriles is 1. The van der Waals surface area contributed by atoms with Gasteiger partial charge in [0.15, 0.2) is 6.61 Å². The van der Waals surface area contributed by atoms with E-state index in [9.17, 15) is 4.79 Å². The van der Waals surface area contributed by atoms with Gasteiger partial charge in [0.05, 0.1) is 6.07 Å². The molecule has 5 nitrogen and oxygen atoms in total. The Hall–Kier alpha value is -2.22. The van der Waals surface area contributed by atoms with E-state index in [1.165, 1.54) is 0 Å². The van der Waals surface area contributed by atoms with Crippen molar-refractivity contribution < 1.29 is 9.53 Å². The molecule has 0 aliphatic heterocycles. The maximum absolute atomic E-state index is 11.1. The van der Waals surface area contributed by atoms with Crippen LogP contribution in [0.4, 0.5) is 5.69 Å². The summed E-state index contributed by atoms with van der Waals surface area (Å²) in [5.41, 5.74) is 0.973. The molecule has 2 N–H and O–H groups in total. The van der Waals surface area contributed by atoms with Crippen LogP contribution in [0.1, 0.15) is 0 Å². The number of hydrogen-bond donors (Lipinski definition) is 2. The fraction of sp³-hybridized carbons (Fsp3) is 0.273. The van der Waals surface area contributed by atoms with Crippen molar-refractivity contribution in [2.24, 2.45) is 0 Å². The zero-order chi connectivity index (χ0) is 11.8. The van der Waals surface area contributed by atoms with Crippen LogP contribution in [-0.2, 0) is 4.79 Å². The predicted molar refractivity (Wildman–Crippen MR) is 60.1 cm³/mol. The molecule has 0 atom stereocenters. The van der Waals surface area contributed by atoms with Gasteiger partial charge >= 0.3 is 0 Å². The first-order valence-electron chi connectivity index (χ1n) is 4.80. The minimum Gasteiger partial charge on any atom is -0.484 e. The highest BCUT2D eigenvalue weighted by Gasteiger charge is 2.01. The summed E-state index contributed by atoms with van der Waals surface area (Å²) in [5, 5.41) is 13.6. The van der Waals surface area contributed by atoms with Gasteiger partial charge in [0.1, 0.15) is 12.3 Å². The summed E-state index contributed by atoms with van der Waals surface area (Å²) in [4.78, 5) is 11.1. The van der Waals surface area contributed by atoms with Crippen molar-refractivity contribution in [3.05, 3.63) is 24.3 Å². The van der Waals surface area contributed by atoms with Crippen LogP contribution >= 0.6 is 0 Å². The lowest BCUT2D eigenvalue weighted by atomic mass is 10.3. The summed E-state index contributed by atoms with van der Waals surface area (Å²) in [7, 11) is 1.82. The Balaban J connectivity index is 2.37. The molecule has 1 amide bonds. The second-order valence-electron chi connectivity index (χ2n) is 3.00. The molecule has 0 aliphatic carbocycles. The topological polar surface area (TPSA) is 74.2 Å². The van der Waals surface area contributed by atoms with Gasteiger partial charge in [-0.1, -0.05) is 0 Å². The van der Waals surface area contributed by atoms with Crippen LogP contribution in [0.15, 0.2) is 24.3 Å². The van der Waals surface area contributed by atoms with Gasteiger partial charge in [0.25, 0.3) is 5.91 Å². The van der Waals surface area contributed by atoms with Crippen molar-refractivity contribution in [1.29, 1.82) is 5.26 Å². The first-order chi connectivity index (χ1) is 7.76. The Morgan fingerprint density at radius 1 is 1.44 bits per heavy atom. The Bertz CT molecular complexity index is 381. The van der Waals surface area contributed by atoms with Crippen LogP contribution < -0.4 is 15.4 Å². The van der Waals surface area contributed by atoms with Crippen molar-refractivity contribution in [2.45, 2.75) is 0 Å². The molecule has 0 bridgehead atoms. The summed E-state index contributed by atoms with van der Waals surface area (Å²) < 4.78 is 5.22. The van der Waals surface area contributed by atoms with E-state index >= 15 is 0 Å². The number of anilines is 1. The van der Waals surface area contributed by atoms with Crippen LogP contribution in [0.5, 0.6) is 5.75 Å². The Kier molecular flexibility index (Phi) is 4.67.